The number of hydrogen-bond donors (Lipinski definition) is 1. The van der Waals surface area contributed by atoms with Gasteiger partial charge in [0, 0.05) is 13.0 Å². The van der Waals surface area contributed by atoms with Crippen LogP contribution < -0.4 is 5.32 Å². The Hall–Kier alpha value is -0.800. The predicted octanol–water partition coefficient (Wildman–Crippen LogP) is 4.23. The molecule has 1 aliphatic rings. The van der Waals surface area contributed by atoms with Crippen LogP contribution in [0.2, 0.25) is 0 Å². The highest BCUT2D eigenvalue weighted by molar-refractivity contribution is 5.10. The molecule has 0 amide bonds. The van der Waals surface area contributed by atoms with Crippen molar-refractivity contribution in [3.05, 3.63) is 23.7 Å². The first-order valence-corrected chi connectivity index (χ1v) is 8.27. The highest BCUT2D eigenvalue weighted by Crippen LogP contribution is 2.25. The Morgan fingerprint density at radius 1 is 1.35 bits per heavy atom. The molecular formula is C17H29NO2. The zero-order valence-corrected chi connectivity index (χ0v) is 13.0. The predicted molar refractivity (Wildman–Crippen MR) is 81.9 cm³/mol. The van der Waals surface area contributed by atoms with E-state index in [1.165, 1.54) is 25.7 Å². The molecule has 0 aliphatic carbocycles. The second kappa shape index (κ2) is 8.48. The number of aryl methyl sites for hydroxylation is 1. The second-order valence-electron chi connectivity index (χ2n) is 5.73. The van der Waals surface area contributed by atoms with Crippen molar-refractivity contribution in [1.82, 2.24) is 5.32 Å². The quantitative estimate of drug-likeness (QED) is 0.734. The first-order chi connectivity index (χ1) is 9.83. The maximum Gasteiger partial charge on any atom is 0.121 e. The number of furan rings is 1. The van der Waals surface area contributed by atoms with Gasteiger partial charge in [-0.05, 0) is 57.2 Å². The molecule has 2 unspecified atom stereocenters. The van der Waals surface area contributed by atoms with Crippen molar-refractivity contribution < 1.29 is 9.15 Å². The highest BCUT2D eigenvalue weighted by Gasteiger charge is 2.18. The summed E-state index contributed by atoms with van der Waals surface area (Å²) in [5.74, 6) is 2.19. The van der Waals surface area contributed by atoms with Crippen LogP contribution in [0.15, 0.2) is 16.5 Å². The molecule has 1 saturated heterocycles. The van der Waals surface area contributed by atoms with E-state index in [0.29, 0.717) is 12.1 Å². The molecule has 0 saturated carbocycles. The zero-order valence-electron chi connectivity index (χ0n) is 13.0. The first-order valence-electron chi connectivity index (χ1n) is 8.27. The van der Waals surface area contributed by atoms with Crippen LogP contribution >= 0.6 is 0 Å². The van der Waals surface area contributed by atoms with E-state index in [1.807, 2.05) is 0 Å². The second-order valence-corrected chi connectivity index (χ2v) is 5.73. The van der Waals surface area contributed by atoms with Crippen LogP contribution in [0.1, 0.15) is 69.9 Å². The smallest absolute Gasteiger partial charge is 0.121 e. The van der Waals surface area contributed by atoms with Crippen molar-refractivity contribution in [3.8, 4) is 0 Å². The van der Waals surface area contributed by atoms with Crippen LogP contribution in [0, 0.1) is 0 Å². The molecule has 0 spiro atoms. The zero-order chi connectivity index (χ0) is 14.2. The molecular weight excluding hydrogens is 250 g/mol. The standard InChI is InChI=1S/C17H29NO2/c1-3-12-18-16(17-11-10-14(4-2)20-17)9-5-7-15-8-6-13-19-15/h10-11,15-16,18H,3-9,12-13H2,1-2H3. The molecule has 3 heteroatoms. The Morgan fingerprint density at radius 2 is 2.25 bits per heavy atom. The molecule has 0 radical (unpaired) electrons. The third-order valence-corrected chi connectivity index (χ3v) is 4.06. The van der Waals surface area contributed by atoms with Gasteiger partial charge in [0.2, 0.25) is 0 Å². The molecule has 2 atom stereocenters. The van der Waals surface area contributed by atoms with Gasteiger partial charge in [-0.1, -0.05) is 13.8 Å². The summed E-state index contributed by atoms with van der Waals surface area (Å²) in [5.41, 5.74) is 0. The third-order valence-electron chi connectivity index (χ3n) is 4.06. The fourth-order valence-corrected chi connectivity index (χ4v) is 2.86. The highest BCUT2D eigenvalue weighted by atomic mass is 16.5. The summed E-state index contributed by atoms with van der Waals surface area (Å²) in [6, 6.07) is 4.60. The maximum atomic E-state index is 5.92. The van der Waals surface area contributed by atoms with Crippen LogP contribution in [0.3, 0.4) is 0 Å². The molecule has 20 heavy (non-hydrogen) atoms. The van der Waals surface area contributed by atoms with E-state index in [0.717, 1.165) is 43.9 Å². The normalized spacial score (nSPS) is 20.4. The van der Waals surface area contributed by atoms with Gasteiger partial charge in [0.15, 0.2) is 0 Å². The van der Waals surface area contributed by atoms with Gasteiger partial charge < -0.3 is 14.5 Å². The van der Waals surface area contributed by atoms with Crippen LogP contribution in [0.4, 0.5) is 0 Å². The number of ether oxygens (including phenoxy) is 1. The molecule has 114 valence electrons. The third kappa shape index (κ3) is 4.64. The minimum absolute atomic E-state index is 0.358. The molecule has 1 aromatic heterocycles. The summed E-state index contributed by atoms with van der Waals surface area (Å²) >= 11 is 0. The van der Waals surface area contributed by atoms with E-state index in [4.69, 9.17) is 9.15 Å². The molecule has 1 fully saturated rings. The van der Waals surface area contributed by atoms with Crippen molar-refractivity contribution >= 4 is 0 Å². The lowest BCUT2D eigenvalue weighted by molar-refractivity contribution is 0.101. The Bertz CT molecular complexity index is 369. The fraction of sp³-hybridized carbons (Fsp3) is 0.765. The Balaban J connectivity index is 1.82. The lowest BCUT2D eigenvalue weighted by Crippen LogP contribution is -2.22. The maximum absolute atomic E-state index is 5.92. The summed E-state index contributed by atoms with van der Waals surface area (Å²) < 4.78 is 11.6. The molecule has 2 heterocycles. The van der Waals surface area contributed by atoms with Gasteiger partial charge >= 0.3 is 0 Å². The lowest BCUT2D eigenvalue weighted by atomic mass is 10.0. The van der Waals surface area contributed by atoms with E-state index in [9.17, 15) is 0 Å². The van der Waals surface area contributed by atoms with Gasteiger partial charge in [0.05, 0.1) is 12.1 Å². The van der Waals surface area contributed by atoms with Crippen LogP contribution in [-0.4, -0.2) is 19.3 Å². The van der Waals surface area contributed by atoms with Crippen molar-refractivity contribution in [2.24, 2.45) is 0 Å². The van der Waals surface area contributed by atoms with Crippen molar-refractivity contribution in [2.75, 3.05) is 13.2 Å². The SMILES string of the molecule is CCCNC(CCCC1CCCO1)c1ccc(CC)o1. The summed E-state index contributed by atoms with van der Waals surface area (Å²) in [5, 5.41) is 3.61. The molecule has 1 aromatic rings. The first kappa shape index (κ1) is 15.6. The minimum Gasteiger partial charge on any atom is -0.464 e. The van der Waals surface area contributed by atoms with Gasteiger partial charge in [0.1, 0.15) is 11.5 Å². The van der Waals surface area contributed by atoms with Crippen molar-refractivity contribution in [3.63, 3.8) is 0 Å². The summed E-state index contributed by atoms with van der Waals surface area (Å²) in [6.07, 6.45) is 8.63. The molecule has 3 nitrogen and oxygen atoms in total. The molecule has 1 aliphatic heterocycles. The number of nitrogens with one attached hydrogen (secondary N) is 1. The topological polar surface area (TPSA) is 34.4 Å². The van der Waals surface area contributed by atoms with Crippen molar-refractivity contribution in [2.45, 2.75) is 70.9 Å². The Labute approximate surface area is 123 Å². The van der Waals surface area contributed by atoms with E-state index in [2.05, 4.69) is 31.3 Å². The van der Waals surface area contributed by atoms with Gasteiger partial charge in [0.25, 0.3) is 0 Å². The van der Waals surface area contributed by atoms with Gasteiger partial charge in [-0.2, -0.15) is 0 Å². The minimum atomic E-state index is 0.358. The molecule has 0 aromatic carbocycles. The summed E-state index contributed by atoms with van der Waals surface area (Å²) in [6.45, 7) is 6.34. The van der Waals surface area contributed by atoms with Gasteiger partial charge in [-0.15, -0.1) is 0 Å². The summed E-state index contributed by atoms with van der Waals surface area (Å²) in [7, 11) is 0. The molecule has 1 N–H and O–H groups in total. The van der Waals surface area contributed by atoms with E-state index in [-0.39, 0.29) is 0 Å². The average molecular weight is 279 g/mol. The van der Waals surface area contributed by atoms with E-state index in [1.54, 1.807) is 0 Å². The summed E-state index contributed by atoms with van der Waals surface area (Å²) in [4.78, 5) is 0. The monoisotopic (exact) mass is 279 g/mol. The average Bonchev–Trinajstić information content (AvgIpc) is 3.13. The lowest BCUT2D eigenvalue weighted by Gasteiger charge is -2.17. The van der Waals surface area contributed by atoms with Gasteiger partial charge in [-0.25, -0.2) is 0 Å². The largest absolute Gasteiger partial charge is 0.464 e. The molecule has 0 bridgehead atoms. The molecule has 2 rings (SSSR count). The number of hydrogen-bond acceptors (Lipinski definition) is 3. The number of rotatable bonds is 9. The van der Waals surface area contributed by atoms with Gasteiger partial charge in [-0.3, -0.25) is 0 Å². The Morgan fingerprint density at radius 3 is 2.90 bits per heavy atom. The van der Waals surface area contributed by atoms with Crippen LogP contribution in [-0.2, 0) is 11.2 Å². The fourth-order valence-electron chi connectivity index (χ4n) is 2.86. The van der Waals surface area contributed by atoms with Crippen LogP contribution in [0.5, 0.6) is 0 Å². The van der Waals surface area contributed by atoms with E-state index < -0.39 is 0 Å². The van der Waals surface area contributed by atoms with Crippen LogP contribution in [0.25, 0.3) is 0 Å². The van der Waals surface area contributed by atoms with E-state index >= 15 is 0 Å². The van der Waals surface area contributed by atoms with Crippen molar-refractivity contribution in [1.29, 1.82) is 0 Å². The Kier molecular flexibility index (Phi) is 6.61.